The van der Waals surface area contributed by atoms with Crippen molar-refractivity contribution in [3.63, 3.8) is 0 Å². The lowest BCUT2D eigenvalue weighted by molar-refractivity contribution is -0.150. The highest BCUT2D eigenvalue weighted by molar-refractivity contribution is 6.53. The molecule has 22 heavy (non-hydrogen) atoms. The number of ether oxygens (including phenoxy) is 1. The fourth-order valence-electron chi connectivity index (χ4n) is 2.26. The largest absolute Gasteiger partial charge is 0.508 e. The Kier molecular flexibility index (Phi) is 3.38. The van der Waals surface area contributed by atoms with Crippen molar-refractivity contribution < 1.29 is 19.1 Å². The summed E-state index contributed by atoms with van der Waals surface area (Å²) in [5.74, 6) is -0.540. The van der Waals surface area contributed by atoms with Gasteiger partial charge in [0.15, 0.2) is 0 Å². The first-order chi connectivity index (χ1) is 10.2. The molecule has 1 aromatic carbocycles. The topological polar surface area (TPSA) is 76.7 Å². The Morgan fingerprint density at radius 3 is 2.73 bits per heavy atom. The molecule has 0 unspecified atom stereocenters. The van der Waals surface area contributed by atoms with Crippen LogP contribution in [0.1, 0.15) is 18.9 Å². The molecule has 1 N–H and O–H groups in total. The number of hydrogen-bond donors (Lipinski definition) is 1. The Hall–Kier alpha value is -1.72. The van der Waals surface area contributed by atoms with Gasteiger partial charge in [-0.2, -0.15) is 0 Å². The quantitative estimate of drug-likeness (QED) is 0.526. The number of esters is 1. The lowest BCUT2D eigenvalue weighted by atomic mass is 10.1. The van der Waals surface area contributed by atoms with E-state index in [1.54, 1.807) is 13.0 Å². The molecule has 7 heteroatoms. The second kappa shape index (κ2) is 4.89. The molecule has 1 aliphatic rings. The minimum absolute atomic E-state index is 0.0238. The van der Waals surface area contributed by atoms with Crippen LogP contribution in [0.3, 0.4) is 0 Å². The van der Waals surface area contributed by atoms with E-state index in [0.29, 0.717) is 17.4 Å². The molecule has 1 fully saturated rings. The van der Waals surface area contributed by atoms with Crippen LogP contribution < -0.4 is 5.63 Å². The van der Waals surface area contributed by atoms with Gasteiger partial charge >= 0.3 is 11.6 Å². The van der Waals surface area contributed by atoms with Crippen LogP contribution in [-0.4, -0.2) is 15.4 Å². The van der Waals surface area contributed by atoms with Crippen molar-refractivity contribution in [1.29, 1.82) is 0 Å². The highest BCUT2D eigenvalue weighted by Gasteiger charge is 2.69. The van der Waals surface area contributed by atoms with E-state index in [1.807, 2.05) is 0 Å². The van der Waals surface area contributed by atoms with Crippen LogP contribution in [0.4, 0.5) is 0 Å². The van der Waals surface area contributed by atoms with E-state index in [9.17, 15) is 14.7 Å². The lowest BCUT2D eigenvalue weighted by Gasteiger charge is -2.12. The van der Waals surface area contributed by atoms with Crippen molar-refractivity contribution in [2.24, 2.45) is 5.41 Å². The van der Waals surface area contributed by atoms with Gasteiger partial charge in [0.25, 0.3) is 0 Å². The zero-order valence-electron chi connectivity index (χ0n) is 11.6. The molecule has 5 nitrogen and oxygen atoms in total. The first kappa shape index (κ1) is 15.2. The van der Waals surface area contributed by atoms with E-state index in [-0.39, 0.29) is 17.9 Å². The number of aromatic hydroxyl groups is 1. The predicted molar refractivity (Wildman–Crippen MR) is 81.1 cm³/mol. The molecule has 0 spiro atoms. The van der Waals surface area contributed by atoms with Crippen molar-refractivity contribution >= 4 is 40.1 Å². The monoisotopic (exact) mass is 342 g/mol. The summed E-state index contributed by atoms with van der Waals surface area (Å²) in [4.78, 5) is 23.6. The van der Waals surface area contributed by atoms with Gasteiger partial charge in [-0.05, 0) is 19.1 Å². The van der Waals surface area contributed by atoms with E-state index in [4.69, 9.17) is 32.4 Å². The van der Waals surface area contributed by atoms with E-state index in [1.165, 1.54) is 18.2 Å². The maximum atomic E-state index is 12.1. The number of rotatable bonds is 3. The maximum absolute atomic E-state index is 12.1. The molecule has 1 aliphatic carbocycles. The van der Waals surface area contributed by atoms with E-state index in [0.717, 1.165) is 0 Å². The molecule has 0 saturated heterocycles. The first-order valence-electron chi connectivity index (χ1n) is 6.54. The Morgan fingerprint density at radius 1 is 1.41 bits per heavy atom. The number of carbonyl (C=O) groups excluding carboxylic acids is 1. The van der Waals surface area contributed by atoms with Gasteiger partial charge in [-0.25, -0.2) is 4.79 Å². The van der Waals surface area contributed by atoms with Crippen LogP contribution >= 0.6 is 23.2 Å². The van der Waals surface area contributed by atoms with Gasteiger partial charge in [0, 0.05) is 29.5 Å². The molecule has 1 atom stereocenters. The van der Waals surface area contributed by atoms with E-state index >= 15 is 0 Å². The van der Waals surface area contributed by atoms with Crippen molar-refractivity contribution in [2.45, 2.75) is 24.3 Å². The smallest absolute Gasteiger partial charge is 0.336 e. The third-order valence-electron chi connectivity index (χ3n) is 3.88. The van der Waals surface area contributed by atoms with Gasteiger partial charge in [-0.15, -0.1) is 23.2 Å². The van der Waals surface area contributed by atoms with Crippen molar-refractivity contribution in [1.82, 2.24) is 0 Å². The van der Waals surface area contributed by atoms with E-state index < -0.39 is 21.3 Å². The summed E-state index contributed by atoms with van der Waals surface area (Å²) >= 11 is 11.9. The van der Waals surface area contributed by atoms with Crippen molar-refractivity contribution in [3.05, 3.63) is 40.2 Å². The average Bonchev–Trinajstić information content (AvgIpc) is 2.95. The Labute approximate surface area is 135 Å². The fourth-order valence-corrected chi connectivity index (χ4v) is 2.95. The maximum Gasteiger partial charge on any atom is 0.336 e. The summed E-state index contributed by atoms with van der Waals surface area (Å²) in [6.45, 7) is 1.52. The fraction of sp³-hybridized carbons (Fsp3) is 0.333. The molecule has 2 aromatic rings. The molecule has 0 aliphatic heterocycles. The third-order valence-corrected chi connectivity index (χ3v) is 4.98. The standard InChI is InChI=1S/C15H12Cl2O5/c1-14(7-15(14,16)17)13(20)21-6-8-4-12(19)22-11-5-9(18)2-3-10(8)11/h2-5,18H,6-7H2,1H3/t14-/m0/s1. The number of carbonyl (C=O) groups is 1. The second-order valence-corrected chi connectivity index (χ2v) is 7.04. The molecular formula is C15H12Cl2O5. The van der Waals surface area contributed by atoms with Gasteiger partial charge < -0.3 is 14.3 Å². The molecular weight excluding hydrogens is 331 g/mol. The number of benzene rings is 1. The zero-order valence-corrected chi connectivity index (χ0v) is 13.1. The molecule has 0 amide bonds. The number of fused-ring (bicyclic) bond motifs is 1. The van der Waals surface area contributed by atoms with Gasteiger partial charge in [0.05, 0.1) is 0 Å². The highest BCUT2D eigenvalue weighted by Crippen LogP contribution is 2.64. The summed E-state index contributed by atoms with van der Waals surface area (Å²) in [7, 11) is 0. The van der Waals surface area contributed by atoms with Gasteiger partial charge in [0.1, 0.15) is 27.7 Å². The van der Waals surface area contributed by atoms with E-state index in [2.05, 4.69) is 0 Å². The molecule has 3 rings (SSSR count). The number of hydrogen-bond acceptors (Lipinski definition) is 5. The first-order valence-corrected chi connectivity index (χ1v) is 7.29. The van der Waals surface area contributed by atoms with Gasteiger partial charge in [-0.3, -0.25) is 4.79 Å². The van der Waals surface area contributed by atoms with Crippen molar-refractivity contribution in [3.8, 4) is 5.75 Å². The molecule has 0 radical (unpaired) electrons. The summed E-state index contributed by atoms with van der Waals surface area (Å²) < 4.78 is 9.13. The molecule has 1 heterocycles. The summed E-state index contributed by atoms with van der Waals surface area (Å²) in [5, 5.41) is 10.0. The number of halogens is 2. The number of alkyl halides is 2. The number of phenols is 1. The molecule has 0 bridgehead atoms. The Balaban J connectivity index is 1.86. The van der Waals surface area contributed by atoms with Crippen LogP contribution in [0.5, 0.6) is 5.75 Å². The van der Waals surface area contributed by atoms with Crippen LogP contribution in [0.2, 0.25) is 0 Å². The Morgan fingerprint density at radius 2 is 2.09 bits per heavy atom. The van der Waals surface area contributed by atoms with Crippen molar-refractivity contribution in [2.75, 3.05) is 0 Å². The predicted octanol–water partition coefficient (Wildman–Crippen LogP) is 3.13. The average molecular weight is 343 g/mol. The summed E-state index contributed by atoms with van der Waals surface area (Å²) in [5.41, 5.74) is -0.812. The molecule has 1 aromatic heterocycles. The second-order valence-electron chi connectivity index (χ2n) is 5.56. The van der Waals surface area contributed by atoms with Gasteiger partial charge in [-0.1, -0.05) is 0 Å². The third kappa shape index (κ3) is 2.44. The van der Waals surface area contributed by atoms with Gasteiger partial charge in [0.2, 0.25) is 0 Å². The van der Waals surface area contributed by atoms with Crippen LogP contribution in [-0.2, 0) is 16.1 Å². The zero-order chi connectivity index (χ0) is 16.1. The Bertz CT molecular complexity index is 826. The minimum atomic E-state index is -1.10. The molecule has 116 valence electrons. The van der Waals surface area contributed by atoms with Crippen LogP contribution in [0, 0.1) is 5.41 Å². The summed E-state index contributed by atoms with van der Waals surface area (Å²) in [6, 6.07) is 5.62. The van der Waals surface area contributed by atoms with Crippen LogP contribution in [0.15, 0.2) is 33.5 Å². The normalized spacial score (nSPS) is 22.5. The van der Waals surface area contributed by atoms with Crippen LogP contribution in [0.25, 0.3) is 11.0 Å². The summed E-state index contributed by atoms with van der Waals surface area (Å²) in [6.07, 6.45) is 0.327. The SMILES string of the molecule is C[C@@]1(C(=O)OCc2cc(=O)oc3cc(O)ccc23)CC1(Cl)Cl. The molecule has 1 saturated carbocycles. The minimum Gasteiger partial charge on any atom is -0.508 e. The number of phenolic OH excluding ortho intramolecular Hbond substituents is 1. The lowest BCUT2D eigenvalue weighted by Crippen LogP contribution is -2.21. The highest BCUT2D eigenvalue weighted by atomic mass is 35.5.